The Hall–Kier alpha value is -2.04. The van der Waals surface area contributed by atoms with Crippen LogP contribution in [0.5, 0.6) is 0 Å². The zero-order chi connectivity index (χ0) is 12.4. The molecular formula is C12H14N2O3. The van der Waals surface area contributed by atoms with E-state index in [-0.39, 0.29) is 5.92 Å². The highest BCUT2D eigenvalue weighted by Crippen LogP contribution is 2.34. The van der Waals surface area contributed by atoms with Gasteiger partial charge in [0.05, 0.1) is 0 Å². The van der Waals surface area contributed by atoms with E-state index in [4.69, 9.17) is 10.8 Å². The molecule has 5 heteroatoms. The van der Waals surface area contributed by atoms with Crippen molar-refractivity contribution in [1.29, 1.82) is 0 Å². The lowest BCUT2D eigenvalue weighted by Gasteiger charge is -2.14. The molecule has 0 aliphatic heterocycles. The third kappa shape index (κ3) is 2.75. The maximum Gasteiger partial charge on any atom is 0.326 e. The van der Waals surface area contributed by atoms with E-state index in [1.165, 1.54) is 0 Å². The highest BCUT2D eigenvalue weighted by Gasteiger charge is 2.36. The molecule has 0 radical (unpaired) electrons. The van der Waals surface area contributed by atoms with Crippen LogP contribution in [0.4, 0.5) is 5.69 Å². The van der Waals surface area contributed by atoms with E-state index < -0.39 is 17.9 Å². The van der Waals surface area contributed by atoms with E-state index in [2.05, 4.69) is 5.32 Å². The van der Waals surface area contributed by atoms with Crippen molar-refractivity contribution < 1.29 is 14.7 Å². The maximum atomic E-state index is 11.0. The van der Waals surface area contributed by atoms with Crippen LogP contribution in [-0.2, 0) is 4.79 Å². The van der Waals surface area contributed by atoms with E-state index in [9.17, 15) is 9.59 Å². The molecule has 0 heterocycles. The summed E-state index contributed by atoms with van der Waals surface area (Å²) in [4.78, 5) is 21.9. The van der Waals surface area contributed by atoms with Crippen LogP contribution in [0.2, 0.25) is 0 Å². The number of amides is 1. The van der Waals surface area contributed by atoms with Gasteiger partial charge < -0.3 is 16.2 Å². The number of carboxylic acid groups (broad SMARTS) is 1. The number of primary amides is 1. The highest BCUT2D eigenvalue weighted by atomic mass is 16.4. The molecule has 17 heavy (non-hydrogen) atoms. The van der Waals surface area contributed by atoms with Crippen molar-refractivity contribution in [1.82, 2.24) is 0 Å². The summed E-state index contributed by atoms with van der Waals surface area (Å²) in [6.07, 6.45) is 1.90. The molecule has 1 aliphatic rings. The first-order valence-electron chi connectivity index (χ1n) is 5.47. The first-order chi connectivity index (χ1) is 8.08. The molecule has 0 aromatic heterocycles. The topological polar surface area (TPSA) is 92.4 Å². The average Bonchev–Trinajstić information content (AvgIpc) is 3.10. The van der Waals surface area contributed by atoms with Crippen molar-refractivity contribution in [3.8, 4) is 0 Å². The quantitative estimate of drug-likeness (QED) is 0.710. The van der Waals surface area contributed by atoms with Crippen molar-refractivity contribution in [2.75, 3.05) is 5.32 Å². The summed E-state index contributed by atoms with van der Waals surface area (Å²) < 4.78 is 0. The first-order valence-corrected chi connectivity index (χ1v) is 5.47. The molecule has 5 nitrogen and oxygen atoms in total. The molecule has 90 valence electrons. The van der Waals surface area contributed by atoms with Crippen molar-refractivity contribution in [3.05, 3.63) is 29.8 Å². The van der Waals surface area contributed by atoms with Crippen molar-refractivity contribution in [2.24, 2.45) is 11.7 Å². The number of hydrogen-bond acceptors (Lipinski definition) is 3. The van der Waals surface area contributed by atoms with Crippen molar-refractivity contribution >= 4 is 17.6 Å². The number of nitrogens with two attached hydrogens (primary N) is 1. The fourth-order valence-electron chi connectivity index (χ4n) is 1.72. The van der Waals surface area contributed by atoms with Crippen LogP contribution >= 0.6 is 0 Å². The predicted molar refractivity (Wildman–Crippen MR) is 62.7 cm³/mol. The van der Waals surface area contributed by atoms with Crippen LogP contribution in [0, 0.1) is 5.92 Å². The maximum absolute atomic E-state index is 11.0. The van der Waals surface area contributed by atoms with Crippen LogP contribution in [0.25, 0.3) is 0 Å². The molecular weight excluding hydrogens is 220 g/mol. The minimum absolute atomic E-state index is 0.211. The van der Waals surface area contributed by atoms with Gasteiger partial charge in [-0.3, -0.25) is 4.79 Å². The molecule has 1 aromatic rings. The number of carbonyl (C=O) groups is 2. The predicted octanol–water partition coefficient (Wildman–Crippen LogP) is 1.06. The number of carbonyl (C=O) groups excluding carboxylic acids is 1. The molecule has 1 amide bonds. The summed E-state index contributed by atoms with van der Waals surface area (Å²) in [5.74, 6) is -1.12. The molecule has 1 unspecified atom stereocenters. The van der Waals surface area contributed by atoms with E-state index in [0.29, 0.717) is 11.3 Å². The summed E-state index contributed by atoms with van der Waals surface area (Å²) in [5, 5.41) is 12.0. The van der Waals surface area contributed by atoms with Gasteiger partial charge in [0.2, 0.25) is 5.91 Å². The number of aliphatic carboxylic acids is 1. The zero-order valence-electron chi connectivity index (χ0n) is 9.22. The Kier molecular flexibility index (Phi) is 2.99. The molecule has 1 fully saturated rings. The molecule has 0 bridgehead atoms. The average molecular weight is 234 g/mol. The third-order valence-corrected chi connectivity index (χ3v) is 2.85. The fraction of sp³-hybridized carbons (Fsp3) is 0.333. The number of hydrogen-bond donors (Lipinski definition) is 3. The fourth-order valence-corrected chi connectivity index (χ4v) is 1.72. The number of carboxylic acids is 1. The summed E-state index contributed by atoms with van der Waals surface area (Å²) in [6, 6.07) is 5.94. The van der Waals surface area contributed by atoms with Gasteiger partial charge in [-0.05, 0) is 43.0 Å². The molecule has 1 aliphatic carbocycles. The first kappa shape index (κ1) is 11.4. The van der Waals surface area contributed by atoms with Gasteiger partial charge in [-0.15, -0.1) is 0 Å². The second-order valence-corrected chi connectivity index (χ2v) is 4.24. The lowest BCUT2D eigenvalue weighted by Crippen LogP contribution is -2.31. The van der Waals surface area contributed by atoms with E-state index >= 15 is 0 Å². The van der Waals surface area contributed by atoms with E-state index in [1.54, 1.807) is 24.3 Å². The van der Waals surface area contributed by atoms with Gasteiger partial charge >= 0.3 is 5.97 Å². The van der Waals surface area contributed by atoms with E-state index in [0.717, 1.165) is 12.8 Å². The molecule has 0 spiro atoms. The molecule has 2 rings (SSSR count). The van der Waals surface area contributed by atoms with Crippen molar-refractivity contribution in [2.45, 2.75) is 18.9 Å². The lowest BCUT2D eigenvalue weighted by molar-refractivity contribution is -0.138. The normalized spacial score (nSPS) is 16.2. The van der Waals surface area contributed by atoms with Gasteiger partial charge in [0.1, 0.15) is 6.04 Å². The number of rotatable bonds is 5. The van der Waals surface area contributed by atoms with Crippen LogP contribution in [0.1, 0.15) is 23.2 Å². The Bertz CT molecular complexity index is 438. The minimum atomic E-state index is -0.841. The van der Waals surface area contributed by atoms with Crippen molar-refractivity contribution in [3.63, 3.8) is 0 Å². The monoisotopic (exact) mass is 234 g/mol. The van der Waals surface area contributed by atoms with Crippen LogP contribution in [0.15, 0.2) is 24.3 Å². The molecule has 1 atom stereocenters. The third-order valence-electron chi connectivity index (χ3n) is 2.85. The molecule has 1 aromatic carbocycles. The second kappa shape index (κ2) is 4.45. The van der Waals surface area contributed by atoms with Gasteiger partial charge in [0, 0.05) is 11.3 Å². The Morgan fingerprint density at radius 2 is 1.88 bits per heavy atom. The molecule has 4 N–H and O–H groups in total. The van der Waals surface area contributed by atoms with Gasteiger partial charge in [-0.1, -0.05) is 0 Å². The van der Waals surface area contributed by atoms with Crippen LogP contribution in [-0.4, -0.2) is 23.0 Å². The Morgan fingerprint density at radius 1 is 1.29 bits per heavy atom. The van der Waals surface area contributed by atoms with Crippen LogP contribution in [0.3, 0.4) is 0 Å². The SMILES string of the molecule is NC(=O)c1ccc(NC(C(=O)O)C2CC2)cc1. The van der Waals surface area contributed by atoms with Gasteiger partial charge in [0.25, 0.3) is 0 Å². The smallest absolute Gasteiger partial charge is 0.326 e. The summed E-state index contributed by atoms with van der Waals surface area (Å²) >= 11 is 0. The second-order valence-electron chi connectivity index (χ2n) is 4.24. The van der Waals surface area contributed by atoms with E-state index in [1.807, 2.05) is 0 Å². The summed E-state index contributed by atoms with van der Waals surface area (Å²) in [5.41, 5.74) is 6.22. The number of nitrogens with one attached hydrogen (secondary N) is 1. The van der Waals surface area contributed by atoms with Gasteiger partial charge in [0.15, 0.2) is 0 Å². The zero-order valence-corrected chi connectivity index (χ0v) is 9.22. The lowest BCUT2D eigenvalue weighted by atomic mass is 10.1. The largest absolute Gasteiger partial charge is 0.480 e. The Morgan fingerprint density at radius 3 is 2.29 bits per heavy atom. The Balaban J connectivity index is 2.07. The van der Waals surface area contributed by atoms with Gasteiger partial charge in [-0.2, -0.15) is 0 Å². The molecule has 0 saturated heterocycles. The minimum Gasteiger partial charge on any atom is -0.480 e. The van der Waals surface area contributed by atoms with Crippen LogP contribution < -0.4 is 11.1 Å². The number of benzene rings is 1. The standard InChI is InChI=1S/C12H14N2O3/c13-11(15)8-3-5-9(6-4-8)14-10(12(16)17)7-1-2-7/h3-7,10,14H,1-2H2,(H2,13,15)(H,16,17). The molecule has 1 saturated carbocycles. The number of anilines is 1. The Labute approximate surface area is 98.6 Å². The van der Waals surface area contributed by atoms with Gasteiger partial charge in [-0.25, -0.2) is 4.79 Å². The summed E-state index contributed by atoms with van der Waals surface area (Å²) in [6.45, 7) is 0. The highest BCUT2D eigenvalue weighted by molar-refractivity contribution is 5.93. The summed E-state index contributed by atoms with van der Waals surface area (Å²) in [7, 11) is 0.